The SMILES string of the molecule is O=C(Cc1csc(Cc2ccccc2)n1)N1CCCCC1c1nc2ccccc2s1. The van der Waals surface area contributed by atoms with Crippen LogP contribution in [0.1, 0.15) is 46.6 Å². The van der Waals surface area contributed by atoms with E-state index in [1.54, 1.807) is 22.7 Å². The van der Waals surface area contributed by atoms with Crippen LogP contribution in [-0.2, 0) is 17.6 Å². The predicted molar refractivity (Wildman–Crippen MR) is 123 cm³/mol. The Labute approximate surface area is 184 Å². The summed E-state index contributed by atoms with van der Waals surface area (Å²) in [6, 6.07) is 18.7. The molecule has 0 aliphatic carbocycles. The number of hydrogen-bond donors (Lipinski definition) is 0. The summed E-state index contributed by atoms with van der Waals surface area (Å²) >= 11 is 3.36. The van der Waals surface area contributed by atoms with E-state index < -0.39 is 0 Å². The molecule has 2 aromatic heterocycles. The van der Waals surface area contributed by atoms with Gasteiger partial charge in [0.2, 0.25) is 5.91 Å². The van der Waals surface area contributed by atoms with Crippen molar-refractivity contribution in [2.45, 2.75) is 38.1 Å². The van der Waals surface area contributed by atoms with Crippen molar-refractivity contribution < 1.29 is 4.79 Å². The third-order valence-corrected chi connectivity index (χ3v) is 7.58. The van der Waals surface area contributed by atoms with Gasteiger partial charge in [0.1, 0.15) is 5.01 Å². The van der Waals surface area contributed by atoms with E-state index in [0.29, 0.717) is 6.42 Å². The van der Waals surface area contributed by atoms with Crippen LogP contribution in [0.25, 0.3) is 10.2 Å². The Hall–Kier alpha value is -2.57. The molecule has 1 aliphatic rings. The molecular formula is C24H23N3OS2. The quantitative estimate of drug-likeness (QED) is 0.409. The fraction of sp³-hybridized carbons (Fsp3) is 0.292. The van der Waals surface area contributed by atoms with Gasteiger partial charge in [-0.1, -0.05) is 42.5 Å². The molecule has 3 heterocycles. The average Bonchev–Trinajstić information content (AvgIpc) is 3.41. The van der Waals surface area contributed by atoms with Gasteiger partial charge in [-0.15, -0.1) is 22.7 Å². The van der Waals surface area contributed by atoms with Crippen LogP contribution in [0.4, 0.5) is 0 Å². The first kappa shape index (κ1) is 19.4. The van der Waals surface area contributed by atoms with E-state index in [9.17, 15) is 4.79 Å². The van der Waals surface area contributed by atoms with E-state index in [1.165, 1.54) is 10.3 Å². The number of amides is 1. The van der Waals surface area contributed by atoms with Crippen molar-refractivity contribution in [3.63, 3.8) is 0 Å². The third kappa shape index (κ3) is 4.16. The molecule has 2 aromatic carbocycles. The molecule has 1 amide bonds. The Morgan fingerprint density at radius 2 is 1.87 bits per heavy atom. The lowest BCUT2D eigenvalue weighted by Gasteiger charge is -2.34. The molecule has 5 rings (SSSR count). The van der Waals surface area contributed by atoms with Crippen LogP contribution in [-0.4, -0.2) is 27.3 Å². The zero-order valence-electron chi connectivity index (χ0n) is 16.7. The number of para-hydroxylation sites is 1. The van der Waals surface area contributed by atoms with Gasteiger partial charge in [-0.25, -0.2) is 9.97 Å². The second-order valence-electron chi connectivity index (χ2n) is 7.69. The molecule has 0 bridgehead atoms. The molecule has 1 fully saturated rings. The Kier molecular flexibility index (Phi) is 5.60. The molecule has 1 unspecified atom stereocenters. The molecule has 0 saturated carbocycles. The maximum absolute atomic E-state index is 13.2. The zero-order valence-corrected chi connectivity index (χ0v) is 18.3. The van der Waals surface area contributed by atoms with Crippen molar-refractivity contribution in [1.29, 1.82) is 0 Å². The van der Waals surface area contributed by atoms with Crippen LogP contribution < -0.4 is 0 Å². The highest BCUT2D eigenvalue weighted by Gasteiger charge is 2.30. The lowest BCUT2D eigenvalue weighted by Crippen LogP contribution is -2.39. The minimum atomic E-state index is 0.0890. The maximum Gasteiger partial charge on any atom is 0.229 e. The second-order valence-corrected chi connectivity index (χ2v) is 9.70. The number of aromatic nitrogens is 2. The van der Waals surface area contributed by atoms with Gasteiger partial charge in [-0.05, 0) is 37.0 Å². The number of benzene rings is 2. The Balaban J connectivity index is 1.30. The molecule has 0 radical (unpaired) electrons. The van der Waals surface area contributed by atoms with Gasteiger partial charge in [-0.2, -0.15) is 0 Å². The lowest BCUT2D eigenvalue weighted by atomic mass is 10.0. The topological polar surface area (TPSA) is 46.1 Å². The Bertz CT molecular complexity index is 1120. The van der Waals surface area contributed by atoms with Gasteiger partial charge in [0.05, 0.1) is 33.4 Å². The molecule has 4 aromatic rings. The molecule has 1 atom stereocenters. The first-order chi connectivity index (χ1) is 14.8. The molecule has 1 aliphatic heterocycles. The second kappa shape index (κ2) is 8.66. The Morgan fingerprint density at radius 3 is 2.73 bits per heavy atom. The monoisotopic (exact) mass is 433 g/mol. The largest absolute Gasteiger partial charge is 0.333 e. The van der Waals surface area contributed by atoms with Crippen molar-refractivity contribution in [2.24, 2.45) is 0 Å². The minimum absolute atomic E-state index is 0.0890. The lowest BCUT2D eigenvalue weighted by molar-refractivity contribution is -0.134. The summed E-state index contributed by atoms with van der Waals surface area (Å²) in [5, 5.41) is 4.16. The summed E-state index contributed by atoms with van der Waals surface area (Å²) in [6.07, 6.45) is 4.37. The molecular weight excluding hydrogens is 410 g/mol. The summed E-state index contributed by atoms with van der Waals surface area (Å²) in [5.41, 5.74) is 3.15. The molecule has 0 N–H and O–H groups in total. The highest BCUT2D eigenvalue weighted by molar-refractivity contribution is 7.18. The first-order valence-corrected chi connectivity index (χ1v) is 12.1. The van der Waals surface area contributed by atoms with Crippen LogP contribution in [0.2, 0.25) is 0 Å². The number of thiazole rings is 2. The van der Waals surface area contributed by atoms with E-state index in [-0.39, 0.29) is 11.9 Å². The van der Waals surface area contributed by atoms with Gasteiger partial charge >= 0.3 is 0 Å². The molecule has 1 saturated heterocycles. The van der Waals surface area contributed by atoms with Gasteiger partial charge in [0.25, 0.3) is 0 Å². The molecule has 30 heavy (non-hydrogen) atoms. The Morgan fingerprint density at radius 1 is 1.03 bits per heavy atom. The summed E-state index contributed by atoms with van der Waals surface area (Å²) in [7, 11) is 0. The van der Waals surface area contributed by atoms with Crippen LogP contribution in [0.15, 0.2) is 60.0 Å². The number of carbonyl (C=O) groups is 1. The van der Waals surface area contributed by atoms with Crippen molar-refractivity contribution in [2.75, 3.05) is 6.54 Å². The van der Waals surface area contributed by atoms with Crippen molar-refractivity contribution in [3.8, 4) is 0 Å². The van der Waals surface area contributed by atoms with E-state index in [4.69, 9.17) is 9.97 Å². The van der Waals surface area contributed by atoms with Crippen LogP contribution >= 0.6 is 22.7 Å². The average molecular weight is 434 g/mol. The van der Waals surface area contributed by atoms with Crippen LogP contribution in [0.5, 0.6) is 0 Å². The number of nitrogens with zero attached hydrogens (tertiary/aromatic N) is 3. The fourth-order valence-electron chi connectivity index (χ4n) is 4.06. The van der Waals surface area contributed by atoms with E-state index >= 15 is 0 Å². The number of hydrogen-bond acceptors (Lipinski definition) is 5. The van der Waals surface area contributed by atoms with E-state index in [1.807, 2.05) is 46.7 Å². The maximum atomic E-state index is 13.2. The third-order valence-electron chi connectivity index (χ3n) is 5.55. The van der Waals surface area contributed by atoms with Gasteiger partial charge in [-0.3, -0.25) is 4.79 Å². The number of piperidine rings is 1. The number of rotatable bonds is 5. The molecule has 0 spiro atoms. The van der Waals surface area contributed by atoms with Gasteiger partial charge in [0.15, 0.2) is 0 Å². The van der Waals surface area contributed by atoms with Crippen LogP contribution in [0, 0.1) is 0 Å². The minimum Gasteiger partial charge on any atom is -0.333 e. The van der Waals surface area contributed by atoms with E-state index in [2.05, 4.69) is 18.2 Å². The van der Waals surface area contributed by atoms with Crippen LogP contribution in [0.3, 0.4) is 0 Å². The van der Waals surface area contributed by atoms with Gasteiger partial charge < -0.3 is 4.90 Å². The normalized spacial score (nSPS) is 16.8. The summed E-state index contributed by atoms with van der Waals surface area (Å²) in [6.45, 7) is 0.806. The van der Waals surface area contributed by atoms with E-state index in [0.717, 1.165) is 53.5 Å². The summed E-state index contributed by atoms with van der Waals surface area (Å²) < 4.78 is 1.19. The van der Waals surface area contributed by atoms with Crippen molar-refractivity contribution in [3.05, 3.63) is 81.2 Å². The smallest absolute Gasteiger partial charge is 0.229 e. The highest BCUT2D eigenvalue weighted by atomic mass is 32.1. The fourth-order valence-corrected chi connectivity index (χ4v) is 6.00. The zero-order chi connectivity index (χ0) is 20.3. The predicted octanol–water partition coefficient (Wildman–Crippen LogP) is 5.64. The summed E-state index contributed by atoms with van der Waals surface area (Å²) in [4.78, 5) is 24.8. The standard InChI is InChI=1S/C24H23N3OS2/c28-23(15-18-16-29-22(25-18)14-17-8-2-1-3-9-17)27-13-7-6-11-20(27)24-26-19-10-4-5-12-21(19)30-24/h1-5,8-10,12,16,20H,6-7,11,13-15H2. The number of fused-ring (bicyclic) bond motifs is 1. The number of carbonyl (C=O) groups excluding carboxylic acids is 1. The molecule has 6 heteroatoms. The van der Waals surface area contributed by atoms with Crippen molar-refractivity contribution >= 4 is 38.8 Å². The molecule has 152 valence electrons. The highest BCUT2D eigenvalue weighted by Crippen LogP contribution is 2.36. The van der Waals surface area contributed by atoms with Gasteiger partial charge in [0, 0.05) is 18.3 Å². The molecule has 4 nitrogen and oxygen atoms in total. The van der Waals surface area contributed by atoms with Crippen molar-refractivity contribution in [1.82, 2.24) is 14.9 Å². The first-order valence-electron chi connectivity index (χ1n) is 10.4. The summed E-state index contributed by atoms with van der Waals surface area (Å²) in [5.74, 6) is 0.163. The number of likely N-dealkylation sites (tertiary alicyclic amines) is 1.